The van der Waals surface area contributed by atoms with Crippen LogP contribution in [0.4, 0.5) is 5.13 Å². The fourth-order valence-corrected chi connectivity index (χ4v) is 2.81. The third-order valence-electron chi connectivity index (χ3n) is 2.32. The largest absolute Gasteiger partial charge is 0.493 e. The summed E-state index contributed by atoms with van der Waals surface area (Å²) < 4.78 is 6.41. The molecule has 90 valence electrons. The molecule has 1 aromatic carbocycles. The Morgan fingerprint density at radius 2 is 2.24 bits per heavy atom. The summed E-state index contributed by atoms with van der Waals surface area (Å²) in [5.74, 6) is 0.845. The molecular weight excluding hydrogens is 300 g/mol. The number of nitrogens with two attached hydrogens (primary N) is 1. The SMILES string of the molecule is CCOc1ccc(-c2nc(N)sc2C)cc1Br. The molecule has 17 heavy (non-hydrogen) atoms. The maximum atomic E-state index is 5.70. The van der Waals surface area contributed by atoms with Crippen LogP contribution in [-0.4, -0.2) is 11.6 Å². The van der Waals surface area contributed by atoms with Gasteiger partial charge in [-0.2, -0.15) is 0 Å². The smallest absolute Gasteiger partial charge is 0.180 e. The Morgan fingerprint density at radius 1 is 1.47 bits per heavy atom. The number of aromatic nitrogens is 1. The van der Waals surface area contributed by atoms with Crippen LogP contribution in [0.1, 0.15) is 11.8 Å². The maximum Gasteiger partial charge on any atom is 0.180 e. The van der Waals surface area contributed by atoms with Crippen LogP contribution < -0.4 is 10.5 Å². The van der Waals surface area contributed by atoms with E-state index in [1.54, 1.807) is 0 Å². The number of halogens is 1. The lowest BCUT2D eigenvalue weighted by molar-refractivity contribution is 0.338. The van der Waals surface area contributed by atoms with Crippen LogP contribution in [0.25, 0.3) is 11.3 Å². The van der Waals surface area contributed by atoms with Crippen LogP contribution in [0.3, 0.4) is 0 Å². The van der Waals surface area contributed by atoms with Gasteiger partial charge in [0.2, 0.25) is 0 Å². The molecule has 2 N–H and O–H groups in total. The Balaban J connectivity index is 2.41. The second kappa shape index (κ2) is 5.06. The number of nitrogen functional groups attached to an aromatic ring is 1. The van der Waals surface area contributed by atoms with Crippen molar-refractivity contribution in [2.24, 2.45) is 0 Å². The summed E-state index contributed by atoms with van der Waals surface area (Å²) in [5, 5.41) is 0.600. The van der Waals surface area contributed by atoms with Crippen molar-refractivity contribution in [2.75, 3.05) is 12.3 Å². The van der Waals surface area contributed by atoms with Crippen LogP contribution in [0, 0.1) is 6.92 Å². The molecule has 0 atom stereocenters. The lowest BCUT2D eigenvalue weighted by Gasteiger charge is -2.07. The van der Waals surface area contributed by atoms with Gasteiger partial charge >= 0.3 is 0 Å². The summed E-state index contributed by atoms with van der Waals surface area (Å²) in [6.07, 6.45) is 0. The molecule has 0 aliphatic heterocycles. The average molecular weight is 313 g/mol. The van der Waals surface area contributed by atoms with Gasteiger partial charge in [-0.1, -0.05) is 0 Å². The number of hydrogen-bond donors (Lipinski definition) is 1. The van der Waals surface area contributed by atoms with Crippen LogP contribution in [0.2, 0.25) is 0 Å². The number of hydrogen-bond acceptors (Lipinski definition) is 4. The Morgan fingerprint density at radius 3 is 2.76 bits per heavy atom. The highest BCUT2D eigenvalue weighted by Gasteiger charge is 2.10. The van der Waals surface area contributed by atoms with Crippen molar-refractivity contribution in [1.82, 2.24) is 4.98 Å². The fourth-order valence-electron chi connectivity index (χ4n) is 1.61. The number of benzene rings is 1. The van der Waals surface area contributed by atoms with Crippen molar-refractivity contribution in [3.05, 3.63) is 27.5 Å². The van der Waals surface area contributed by atoms with E-state index in [0.717, 1.165) is 26.4 Å². The average Bonchev–Trinajstić information content (AvgIpc) is 2.61. The number of anilines is 1. The minimum absolute atomic E-state index is 0.600. The standard InChI is InChI=1S/C12H13BrN2OS/c1-3-16-10-5-4-8(6-9(10)13)11-7(2)17-12(14)15-11/h4-6H,3H2,1-2H3,(H2,14,15). The van der Waals surface area contributed by atoms with E-state index in [9.17, 15) is 0 Å². The summed E-state index contributed by atoms with van der Waals surface area (Å²) in [4.78, 5) is 5.46. The lowest BCUT2D eigenvalue weighted by Crippen LogP contribution is -1.92. The van der Waals surface area contributed by atoms with E-state index < -0.39 is 0 Å². The van der Waals surface area contributed by atoms with Gasteiger partial charge in [0, 0.05) is 10.4 Å². The quantitative estimate of drug-likeness (QED) is 0.936. The van der Waals surface area contributed by atoms with Gasteiger partial charge in [-0.3, -0.25) is 0 Å². The monoisotopic (exact) mass is 312 g/mol. The molecule has 0 aliphatic carbocycles. The molecule has 0 saturated heterocycles. The number of nitrogens with zero attached hydrogens (tertiary/aromatic N) is 1. The molecule has 2 aromatic rings. The fraction of sp³-hybridized carbons (Fsp3) is 0.250. The minimum atomic E-state index is 0.600. The Labute approximate surface area is 113 Å². The van der Waals surface area contributed by atoms with Crippen molar-refractivity contribution in [2.45, 2.75) is 13.8 Å². The summed E-state index contributed by atoms with van der Waals surface area (Å²) >= 11 is 5.00. The summed E-state index contributed by atoms with van der Waals surface area (Å²) in [6.45, 7) is 4.64. The van der Waals surface area contributed by atoms with E-state index in [0.29, 0.717) is 11.7 Å². The van der Waals surface area contributed by atoms with Crippen LogP contribution in [-0.2, 0) is 0 Å². The molecule has 0 aliphatic rings. The Kier molecular flexibility index (Phi) is 3.69. The molecular formula is C12H13BrN2OS. The molecule has 1 heterocycles. The summed E-state index contributed by atoms with van der Waals surface area (Å²) in [5.41, 5.74) is 7.69. The molecule has 0 bridgehead atoms. The highest BCUT2D eigenvalue weighted by atomic mass is 79.9. The third kappa shape index (κ3) is 2.61. The van der Waals surface area contributed by atoms with Gasteiger partial charge in [0.15, 0.2) is 5.13 Å². The highest BCUT2D eigenvalue weighted by Crippen LogP contribution is 2.34. The zero-order valence-corrected chi connectivity index (χ0v) is 12.1. The van der Waals surface area contributed by atoms with Crippen molar-refractivity contribution >= 4 is 32.4 Å². The Hall–Kier alpha value is -1.07. The van der Waals surface area contributed by atoms with Crippen molar-refractivity contribution in [1.29, 1.82) is 0 Å². The highest BCUT2D eigenvalue weighted by molar-refractivity contribution is 9.10. The molecule has 0 radical (unpaired) electrons. The predicted molar refractivity (Wildman–Crippen MR) is 75.6 cm³/mol. The lowest BCUT2D eigenvalue weighted by atomic mass is 10.1. The number of aryl methyl sites for hydroxylation is 1. The van der Waals surface area contributed by atoms with Gasteiger partial charge < -0.3 is 10.5 Å². The van der Waals surface area contributed by atoms with E-state index >= 15 is 0 Å². The molecule has 1 aromatic heterocycles. The van der Waals surface area contributed by atoms with E-state index in [-0.39, 0.29) is 0 Å². The third-order valence-corrected chi connectivity index (χ3v) is 3.74. The molecule has 2 rings (SSSR count). The maximum absolute atomic E-state index is 5.70. The first-order chi connectivity index (χ1) is 8.11. The van der Waals surface area contributed by atoms with E-state index in [4.69, 9.17) is 10.5 Å². The number of ether oxygens (including phenoxy) is 1. The van der Waals surface area contributed by atoms with Crippen LogP contribution in [0.5, 0.6) is 5.75 Å². The molecule has 0 amide bonds. The van der Waals surface area contributed by atoms with E-state index in [1.807, 2.05) is 32.0 Å². The molecule has 0 fully saturated rings. The topological polar surface area (TPSA) is 48.1 Å². The predicted octanol–water partition coefficient (Wildman–Crippen LogP) is 3.86. The zero-order valence-electron chi connectivity index (χ0n) is 9.66. The van der Waals surface area contributed by atoms with Crippen molar-refractivity contribution in [3.8, 4) is 17.0 Å². The molecule has 0 saturated carbocycles. The normalized spacial score (nSPS) is 10.5. The van der Waals surface area contributed by atoms with Gasteiger partial charge in [-0.15, -0.1) is 11.3 Å². The first-order valence-electron chi connectivity index (χ1n) is 5.27. The molecule has 0 unspecified atom stereocenters. The van der Waals surface area contributed by atoms with Gasteiger partial charge in [-0.25, -0.2) is 4.98 Å². The van der Waals surface area contributed by atoms with Gasteiger partial charge in [0.05, 0.1) is 16.8 Å². The van der Waals surface area contributed by atoms with E-state index in [1.165, 1.54) is 11.3 Å². The molecule has 0 spiro atoms. The minimum Gasteiger partial charge on any atom is -0.493 e. The molecule has 3 nitrogen and oxygen atoms in total. The first kappa shape index (κ1) is 12.4. The van der Waals surface area contributed by atoms with Crippen LogP contribution in [0.15, 0.2) is 22.7 Å². The van der Waals surface area contributed by atoms with Gasteiger partial charge in [0.1, 0.15) is 5.75 Å². The number of thiazole rings is 1. The Bertz CT molecular complexity index is 539. The molecule has 5 heteroatoms. The second-order valence-electron chi connectivity index (χ2n) is 3.54. The second-order valence-corrected chi connectivity index (χ2v) is 5.62. The first-order valence-corrected chi connectivity index (χ1v) is 6.88. The zero-order chi connectivity index (χ0) is 12.4. The number of rotatable bonds is 3. The van der Waals surface area contributed by atoms with Gasteiger partial charge in [0.25, 0.3) is 0 Å². The van der Waals surface area contributed by atoms with Gasteiger partial charge in [-0.05, 0) is 48.0 Å². The summed E-state index contributed by atoms with van der Waals surface area (Å²) in [7, 11) is 0. The van der Waals surface area contributed by atoms with Crippen LogP contribution >= 0.6 is 27.3 Å². The summed E-state index contributed by atoms with van der Waals surface area (Å²) in [6, 6.07) is 5.95. The van der Waals surface area contributed by atoms with Crippen molar-refractivity contribution < 1.29 is 4.74 Å². The van der Waals surface area contributed by atoms with E-state index in [2.05, 4.69) is 20.9 Å². The van der Waals surface area contributed by atoms with Crippen molar-refractivity contribution in [3.63, 3.8) is 0 Å².